The van der Waals surface area contributed by atoms with Crippen molar-refractivity contribution in [3.05, 3.63) is 23.8 Å². The Balaban J connectivity index is 2.11. The normalized spacial score (nSPS) is 17.6. The van der Waals surface area contributed by atoms with Gasteiger partial charge in [-0.15, -0.1) is 0 Å². The van der Waals surface area contributed by atoms with Crippen molar-refractivity contribution in [3.8, 4) is 0 Å². The highest BCUT2D eigenvalue weighted by Gasteiger charge is 2.16. The van der Waals surface area contributed by atoms with E-state index >= 15 is 0 Å². The largest absolute Gasteiger partial charge is 0.481 e. The summed E-state index contributed by atoms with van der Waals surface area (Å²) in [5, 5.41) is 8.73. The average Bonchev–Trinajstić information content (AvgIpc) is 2.57. The second-order valence-electron chi connectivity index (χ2n) is 4.66. The number of rotatable bonds is 3. The van der Waals surface area contributed by atoms with Gasteiger partial charge < -0.3 is 5.11 Å². The molecular formula is C13H18N2O2. The molecule has 0 aliphatic heterocycles. The third-order valence-electron chi connectivity index (χ3n) is 3.31. The number of carboxylic acids is 1. The van der Waals surface area contributed by atoms with E-state index in [0.717, 1.165) is 5.69 Å². The molecule has 4 heteroatoms. The van der Waals surface area contributed by atoms with Crippen molar-refractivity contribution < 1.29 is 9.90 Å². The highest BCUT2D eigenvalue weighted by atomic mass is 16.4. The van der Waals surface area contributed by atoms with E-state index < -0.39 is 5.97 Å². The van der Waals surface area contributed by atoms with Crippen LogP contribution in [0.5, 0.6) is 0 Å². The topological polar surface area (TPSA) is 63.1 Å². The van der Waals surface area contributed by atoms with E-state index in [1.807, 2.05) is 6.07 Å². The first-order valence-corrected chi connectivity index (χ1v) is 6.29. The summed E-state index contributed by atoms with van der Waals surface area (Å²) in [6, 6.07) is 1.93. The highest BCUT2D eigenvalue weighted by molar-refractivity contribution is 5.68. The highest BCUT2D eigenvalue weighted by Crippen LogP contribution is 2.30. The molecule has 0 aromatic carbocycles. The predicted octanol–water partition coefficient (Wildman–Crippen LogP) is 2.54. The summed E-state index contributed by atoms with van der Waals surface area (Å²) >= 11 is 0. The van der Waals surface area contributed by atoms with Crippen molar-refractivity contribution >= 4 is 5.97 Å². The van der Waals surface area contributed by atoms with E-state index in [0.29, 0.717) is 11.7 Å². The van der Waals surface area contributed by atoms with Gasteiger partial charge in [-0.3, -0.25) is 4.79 Å². The van der Waals surface area contributed by atoms with Gasteiger partial charge >= 0.3 is 5.97 Å². The molecule has 0 unspecified atom stereocenters. The third kappa shape index (κ3) is 3.51. The summed E-state index contributed by atoms with van der Waals surface area (Å²) in [6.07, 6.45) is 9.07. The summed E-state index contributed by atoms with van der Waals surface area (Å²) < 4.78 is 0. The fourth-order valence-corrected chi connectivity index (χ4v) is 2.44. The molecule has 0 spiro atoms. The number of carbonyl (C=O) groups is 1. The molecule has 1 aliphatic carbocycles. The van der Waals surface area contributed by atoms with Crippen LogP contribution in [0.15, 0.2) is 12.3 Å². The van der Waals surface area contributed by atoms with Crippen molar-refractivity contribution in [1.82, 2.24) is 9.97 Å². The van der Waals surface area contributed by atoms with Gasteiger partial charge in [0.1, 0.15) is 12.2 Å². The molecular weight excluding hydrogens is 216 g/mol. The van der Waals surface area contributed by atoms with Crippen LogP contribution < -0.4 is 0 Å². The minimum Gasteiger partial charge on any atom is -0.481 e. The molecule has 2 rings (SSSR count). The molecule has 1 heterocycles. The van der Waals surface area contributed by atoms with Gasteiger partial charge in [-0.25, -0.2) is 9.97 Å². The molecule has 1 fully saturated rings. The van der Waals surface area contributed by atoms with Gasteiger partial charge in [0, 0.05) is 17.8 Å². The average molecular weight is 234 g/mol. The van der Waals surface area contributed by atoms with E-state index in [1.165, 1.54) is 38.5 Å². The van der Waals surface area contributed by atoms with Crippen LogP contribution in [0.3, 0.4) is 0 Å². The zero-order chi connectivity index (χ0) is 12.1. The smallest absolute Gasteiger partial charge is 0.311 e. The standard InChI is InChI=1S/C13H18N2O2/c16-13(17)9-12-14-8-7-11(15-12)10-5-3-1-2-4-6-10/h7-8,10H,1-6,9H2,(H,16,17). The Hall–Kier alpha value is -1.45. The number of aromatic nitrogens is 2. The summed E-state index contributed by atoms with van der Waals surface area (Å²) in [5.74, 6) is 0.0512. The molecule has 0 saturated heterocycles. The van der Waals surface area contributed by atoms with Crippen molar-refractivity contribution in [1.29, 1.82) is 0 Å². The van der Waals surface area contributed by atoms with Crippen LogP contribution in [0, 0.1) is 0 Å². The number of nitrogens with zero attached hydrogens (tertiary/aromatic N) is 2. The Labute approximate surface area is 101 Å². The third-order valence-corrected chi connectivity index (χ3v) is 3.31. The molecule has 0 atom stereocenters. The van der Waals surface area contributed by atoms with Crippen LogP contribution in [0.1, 0.15) is 56.0 Å². The Morgan fingerprint density at radius 2 is 2.00 bits per heavy atom. The predicted molar refractivity (Wildman–Crippen MR) is 63.8 cm³/mol. The molecule has 1 N–H and O–H groups in total. The zero-order valence-electron chi connectivity index (χ0n) is 9.93. The monoisotopic (exact) mass is 234 g/mol. The van der Waals surface area contributed by atoms with Gasteiger partial charge in [0.15, 0.2) is 0 Å². The second-order valence-corrected chi connectivity index (χ2v) is 4.66. The number of hydrogen-bond acceptors (Lipinski definition) is 3. The fraction of sp³-hybridized carbons (Fsp3) is 0.615. The molecule has 1 aromatic heterocycles. The van der Waals surface area contributed by atoms with Crippen LogP contribution in [-0.4, -0.2) is 21.0 Å². The molecule has 1 saturated carbocycles. The maximum Gasteiger partial charge on any atom is 0.311 e. The van der Waals surface area contributed by atoms with E-state index in [2.05, 4.69) is 9.97 Å². The van der Waals surface area contributed by atoms with Gasteiger partial charge in [0.2, 0.25) is 0 Å². The van der Waals surface area contributed by atoms with Crippen LogP contribution >= 0.6 is 0 Å². The lowest BCUT2D eigenvalue weighted by Gasteiger charge is -2.13. The molecule has 0 amide bonds. The van der Waals surface area contributed by atoms with E-state index in [-0.39, 0.29) is 6.42 Å². The van der Waals surface area contributed by atoms with Crippen molar-refractivity contribution in [2.45, 2.75) is 50.9 Å². The molecule has 92 valence electrons. The first-order valence-electron chi connectivity index (χ1n) is 6.29. The second kappa shape index (κ2) is 5.75. The summed E-state index contributed by atoms with van der Waals surface area (Å²) in [6.45, 7) is 0. The fourth-order valence-electron chi connectivity index (χ4n) is 2.44. The van der Waals surface area contributed by atoms with Crippen LogP contribution in [0.4, 0.5) is 0 Å². The molecule has 0 bridgehead atoms. The van der Waals surface area contributed by atoms with Crippen molar-refractivity contribution in [2.75, 3.05) is 0 Å². The van der Waals surface area contributed by atoms with Gasteiger partial charge in [-0.2, -0.15) is 0 Å². The molecule has 0 radical (unpaired) electrons. The molecule has 17 heavy (non-hydrogen) atoms. The van der Waals surface area contributed by atoms with Crippen LogP contribution in [0.25, 0.3) is 0 Å². The lowest BCUT2D eigenvalue weighted by atomic mass is 9.96. The molecule has 1 aliphatic rings. The Morgan fingerprint density at radius 3 is 2.65 bits per heavy atom. The van der Waals surface area contributed by atoms with Crippen LogP contribution in [-0.2, 0) is 11.2 Å². The first-order chi connectivity index (χ1) is 8.25. The molecule has 1 aromatic rings. The first kappa shape index (κ1) is 12.0. The quantitative estimate of drug-likeness (QED) is 0.816. The van der Waals surface area contributed by atoms with Gasteiger partial charge in [-0.1, -0.05) is 25.7 Å². The maximum absolute atomic E-state index is 10.6. The number of aliphatic carboxylic acids is 1. The minimum absolute atomic E-state index is 0.0828. The van der Waals surface area contributed by atoms with Crippen molar-refractivity contribution in [2.24, 2.45) is 0 Å². The SMILES string of the molecule is O=C(O)Cc1nccc(C2CCCCCC2)n1. The lowest BCUT2D eigenvalue weighted by molar-refractivity contribution is -0.136. The summed E-state index contributed by atoms with van der Waals surface area (Å²) in [4.78, 5) is 19.0. The van der Waals surface area contributed by atoms with Crippen molar-refractivity contribution in [3.63, 3.8) is 0 Å². The van der Waals surface area contributed by atoms with E-state index in [1.54, 1.807) is 6.20 Å². The van der Waals surface area contributed by atoms with E-state index in [4.69, 9.17) is 5.11 Å². The Kier molecular flexibility index (Phi) is 4.07. The van der Waals surface area contributed by atoms with Gasteiger partial charge in [0.05, 0.1) is 0 Å². The van der Waals surface area contributed by atoms with Gasteiger partial charge in [0.25, 0.3) is 0 Å². The minimum atomic E-state index is -0.872. The Morgan fingerprint density at radius 1 is 1.29 bits per heavy atom. The number of hydrogen-bond donors (Lipinski definition) is 1. The zero-order valence-corrected chi connectivity index (χ0v) is 9.93. The summed E-state index contributed by atoms with van der Waals surface area (Å²) in [7, 11) is 0. The van der Waals surface area contributed by atoms with Crippen LogP contribution in [0.2, 0.25) is 0 Å². The molecule has 4 nitrogen and oxygen atoms in total. The maximum atomic E-state index is 10.6. The summed E-state index contributed by atoms with van der Waals surface area (Å²) in [5.41, 5.74) is 1.03. The Bertz CT molecular complexity index is 385. The lowest BCUT2D eigenvalue weighted by Crippen LogP contribution is -2.08. The van der Waals surface area contributed by atoms with Gasteiger partial charge in [-0.05, 0) is 18.9 Å². The van der Waals surface area contributed by atoms with E-state index in [9.17, 15) is 4.79 Å². The number of carboxylic acid groups (broad SMARTS) is 1.